The van der Waals surface area contributed by atoms with Gasteiger partial charge in [-0.3, -0.25) is 4.99 Å². The molecule has 0 fully saturated rings. The van der Waals surface area contributed by atoms with E-state index in [1.54, 1.807) is 6.07 Å². The lowest BCUT2D eigenvalue weighted by Gasteiger charge is -2.14. The van der Waals surface area contributed by atoms with Crippen molar-refractivity contribution in [1.29, 1.82) is 0 Å². The Balaban J connectivity index is 2.44. The van der Waals surface area contributed by atoms with E-state index in [9.17, 15) is 13.2 Å². The highest BCUT2D eigenvalue weighted by Gasteiger charge is 2.32. The molecule has 0 saturated heterocycles. The van der Waals surface area contributed by atoms with Gasteiger partial charge < -0.3 is 15.8 Å². The first-order valence-electron chi connectivity index (χ1n) is 7.33. The summed E-state index contributed by atoms with van der Waals surface area (Å²) < 4.78 is 40.9. The maximum absolute atomic E-state index is 12.3. The summed E-state index contributed by atoms with van der Waals surface area (Å²) in [5.41, 5.74) is 5.83. The molecule has 0 aromatic heterocycles. The van der Waals surface area contributed by atoms with E-state index in [2.05, 4.69) is 21.3 Å². The first kappa shape index (κ1) is 19.5. The van der Waals surface area contributed by atoms with Gasteiger partial charge in [0.25, 0.3) is 0 Å². The Labute approximate surface area is 138 Å². The van der Waals surface area contributed by atoms with E-state index in [0.29, 0.717) is 6.54 Å². The smallest absolute Gasteiger partial charge is 0.404 e. The molecule has 0 spiro atoms. The van der Waals surface area contributed by atoms with Crippen molar-refractivity contribution in [3.05, 3.63) is 24.3 Å². The van der Waals surface area contributed by atoms with E-state index < -0.39 is 6.36 Å². The van der Waals surface area contributed by atoms with Crippen molar-refractivity contribution in [2.24, 2.45) is 10.7 Å². The maximum Gasteiger partial charge on any atom is 0.573 e. The Morgan fingerprint density at radius 1 is 1.22 bits per heavy atom. The molecule has 0 heterocycles. The van der Waals surface area contributed by atoms with Crippen LogP contribution in [-0.4, -0.2) is 30.9 Å². The quantitative estimate of drug-likeness (QED) is 0.398. The lowest BCUT2D eigenvalue weighted by molar-refractivity contribution is -0.274. The Kier molecular flexibility index (Phi) is 8.68. The number of nitrogens with one attached hydrogen (secondary N) is 1. The number of anilines is 1. The zero-order valence-corrected chi connectivity index (χ0v) is 13.8. The molecule has 1 aromatic carbocycles. The zero-order chi connectivity index (χ0) is 17.1. The third kappa shape index (κ3) is 9.22. The van der Waals surface area contributed by atoms with Crippen molar-refractivity contribution >= 4 is 23.4 Å². The van der Waals surface area contributed by atoms with Crippen LogP contribution >= 0.6 is 11.8 Å². The summed E-state index contributed by atoms with van der Waals surface area (Å²) in [4.78, 5) is 4.12. The Bertz CT molecular complexity index is 495. The van der Waals surface area contributed by atoms with E-state index >= 15 is 0 Å². The molecule has 0 unspecified atom stereocenters. The molecule has 0 radical (unpaired) electrons. The van der Waals surface area contributed by atoms with E-state index in [1.165, 1.54) is 24.6 Å². The predicted octanol–water partition coefficient (Wildman–Crippen LogP) is 4.24. The molecule has 1 rings (SSSR count). The minimum absolute atomic E-state index is 0.0762. The molecule has 0 atom stereocenters. The molecule has 1 aromatic rings. The molecule has 0 saturated carbocycles. The molecule has 0 bridgehead atoms. The second-order valence-corrected chi connectivity index (χ2v) is 5.83. The van der Waals surface area contributed by atoms with Gasteiger partial charge in [-0.2, -0.15) is 11.8 Å². The Morgan fingerprint density at radius 3 is 2.61 bits per heavy atom. The second kappa shape index (κ2) is 10.3. The van der Waals surface area contributed by atoms with Crippen molar-refractivity contribution in [3.8, 4) is 5.75 Å². The monoisotopic (exact) mass is 349 g/mol. The number of hydrogen-bond donors (Lipinski definition) is 2. The molecule has 3 N–H and O–H groups in total. The van der Waals surface area contributed by atoms with Crippen molar-refractivity contribution in [1.82, 2.24) is 0 Å². The standard InChI is InChI=1S/C15H22F3N3OS/c1-23-11-7-3-2-6-10-20-14(19)21-12-8-4-5-9-13(12)22-15(16,17)18/h4-5,8-9H,2-3,6-7,10-11H2,1H3,(H3,19,20,21). The van der Waals surface area contributed by atoms with Gasteiger partial charge >= 0.3 is 6.36 Å². The summed E-state index contributed by atoms with van der Waals surface area (Å²) in [6.07, 6.45) is 1.62. The largest absolute Gasteiger partial charge is 0.573 e. The number of guanidine groups is 1. The van der Waals surface area contributed by atoms with Crippen LogP contribution < -0.4 is 15.8 Å². The van der Waals surface area contributed by atoms with Gasteiger partial charge in [-0.1, -0.05) is 25.0 Å². The molecule has 0 aliphatic heterocycles. The van der Waals surface area contributed by atoms with Crippen LogP contribution in [-0.2, 0) is 0 Å². The van der Waals surface area contributed by atoms with Crippen LogP contribution in [0.25, 0.3) is 0 Å². The van der Waals surface area contributed by atoms with Crippen molar-refractivity contribution < 1.29 is 17.9 Å². The number of unbranched alkanes of at least 4 members (excludes halogenated alkanes) is 3. The second-order valence-electron chi connectivity index (χ2n) is 4.84. The van der Waals surface area contributed by atoms with Gasteiger partial charge in [-0.05, 0) is 37.0 Å². The SMILES string of the molecule is CSCCCCCCN=C(N)Nc1ccccc1OC(F)(F)F. The van der Waals surface area contributed by atoms with E-state index in [4.69, 9.17) is 5.73 Å². The molecule has 0 amide bonds. The van der Waals surface area contributed by atoms with Gasteiger partial charge in [0.1, 0.15) is 0 Å². The highest BCUT2D eigenvalue weighted by Crippen LogP contribution is 2.29. The van der Waals surface area contributed by atoms with E-state index in [0.717, 1.165) is 25.0 Å². The molecule has 4 nitrogen and oxygen atoms in total. The molecule has 130 valence electrons. The minimum atomic E-state index is -4.75. The van der Waals surface area contributed by atoms with Gasteiger partial charge in [0, 0.05) is 6.54 Å². The average molecular weight is 349 g/mol. The van der Waals surface area contributed by atoms with Gasteiger partial charge in [0.15, 0.2) is 11.7 Å². The fourth-order valence-electron chi connectivity index (χ4n) is 1.87. The summed E-state index contributed by atoms with van der Waals surface area (Å²) >= 11 is 1.83. The van der Waals surface area contributed by atoms with Crippen LogP contribution in [0.15, 0.2) is 29.3 Å². The van der Waals surface area contributed by atoms with Crippen LogP contribution in [0.1, 0.15) is 25.7 Å². The first-order valence-corrected chi connectivity index (χ1v) is 8.72. The third-order valence-corrected chi connectivity index (χ3v) is 3.61. The number of benzene rings is 1. The average Bonchev–Trinajstić information content (AvgIpc) is 2.47. The Morgan fingerprint density at radius 2 is 1.91 bits per heavy atom. The Hall–Kier alpha value is -1.57. The number of halogens is 3. The number of hydrogen-bond acceptors (Lipinski definition) is 3. The topological polar surface area (TPSA) is 59.6 Å². The number of rotatable bonds is 9. The predicted molar refractivity (Wildman–Crippen MR) is 90.1 cm³/mol. The first-order chi connectivity index (χ1) is 10.9. The zero-order valence-electron chi connectivity index (χ0n) is 13.0. The van der Waals surface area contributed by atoms with Crippen LogP contribution in [0.3, 0.4) is 0 Å². The number of nitrogens with zero attached hydrogens (tertiary/aromatic N) is 1. The summed E-state index contributed by atoms with van der Waals surface area (Å²) in [6, 6.07) is 5.71. The summed E-state index contributed by atoms with van der Waals surface area (Å²) in [7, 11) is 0. The third-order valence-electron chi connectivity index (χ3n) is 2.91. The fourth-order valence-corrected chi connectivity index (χ4v) is 2.37. The van der Waals surface area contributed by atoms with Crippen LogP contribution in [0.5, 0.6) is 5.75 Å². The molecule has 0 aliphatic rings. The van der Waals surface area contributed by atoms with Gasteiger partial charge in [-0.15, -0.1) is 13.2 Å². The molecule has 8 heteroatoms. The summed E-state index contributed by atoms with van der Waals surface area (Å²) in [5.74, 6) is 0.894. The lowest BCUT2D eigenvalue weighted by Crippen LogP contribution is -2.24. The van der Waals surface area contributed by atoms with Crippen molar-refractivity contribution in [2.75, 3.05) is 23.9 Å². The number of aliphatic imine (C=N–C) groups is 1. The summed E-state index contributed by atoms with van der Waals surface area (Å²) in [5, 5.41) is 2.64. The summed E-state index contributed by atoms with van der Waals surface area (Å²) in [6.45, 7) is 0.542. The number of para-hydroxylation sites is 2. The van der Waals surface area contributed by atoms with Gasteiger partial charge in [0.05, 0.1) is 5.69 Å². The maximum atomic E-state index is 12.3. The minimum Gasteiger partial charge on any atom is -0.404 e. The van der Waals surface area contributed by atoms with Crippen molar-refractivity contribution in [2.45, 2.75) is 32.0 Å². The highest BCUT2D eigenvalue weighted by molar-refractivity contribution is 7.98. The highest BCUT2D eigenvalue weighted by atomic mass is 32.2. The number of thioether (sulfide) groups is 1. The molecular weight excluding hydrogens is 327 g/mol. The molecule has 23 heavy (non-hydrogen) atoms. The molecule has 0 aliphatic carbocycles. The van der Waals surface area contributed by atoms with Crippen molar-refractivity contribution in [3.63, 3.8) is 0 Å². The van der Waals surface area contributed by atoms with Gasteiger partial charge in [-0.25, -0.2) is 0 Å². The number of alkyl halides is 3. The van der Waals surface area contributed by atoms with Crippen LogP contribution in [0, 0.1) is 0 Å². The van der Waals surface area contributed by atoms with E-state index in [1.807, 2.05) is 11.8 Å². The number of nitrogens with two attached hydrogens (primary N) is 1. The normalized spacial score (nSPS) is 12.3. The molecular formula is C15H22F3N3OS. The lowest BCUT2D eigenvalue weighted by atomic mass is 10.2. The van der Waals surface area contributed by atoms with E-state index in [-0.39, 0.29) is 17.4 Å². The van der Waals surface area contributed by atoms with Crippen LogP contribution in [0.2, 0.25) is 0 Å². The van der Waals surface area contributed by atoms with Crippen LogP contribution in [0.4, 0.5) is 18.9 Å². The fraction of sp³-hybridized carbons (Fsp3) is 0.533. The van der Waals surface area contributed by atoms with Gasteiger partial charge in [0.2, 0.25) is 0 Å². The number of ether oxygens (including phenoxy) is 1.